The van der Waals surface area contributed by atoms with E-state index in [0.29, 0.717) is 24.5 Å². The van der Waals surface area contributed by atoms with E-state index in [0.717, 1.165) is 18.8 Å². The van der Waals surface area contributed by atoms with E-state index in [9.17, 15) is 8.42 Å². The van der Waals surface area contributed by atoms with Gasteiger partial charge in [-0.05, 0) is 26.6 Å². The maximum atomic E-state index is 12.8. The largest absolute Gasteiger partial charge is 0.352 e. The minimum absolute atomic E-state index is 0.263. The van der Waals surface area contributed by atoms with Crippen molar-refractivity contribution in [1.29, 1.82) is 0 Å². The third kappa shape index (κ3) is 3.31. The number of rotatable bonds is 5. The third-order valence-corrected chi connectivity index (χ3v) is 6.04. The number of likely N-dealkylation sites (N-methyl/N-ethyl adjacent to an activating group) is 1. The molecule has 2 rings (SSSR count). The highest BCUT2D eigenvalue weighted by Gasteiger charge is 2.32. The van der Waals surface area contributed by atoms with E-state index in [-0.39, 0.29) is 6.04 Å². The first-order chi connectivity index (χ1) is 9.90. The van der Waals surface area contributed by atoms with Crippen molar-refractivity contribution in [2.75, 3.05) is 33.2 Å². The van der Waals surface area contributed by atoms with Gasteiger partial charge in [-0.3, -0.25) is 4.90 Å². The van der Waals surface area contributed by atoms with Crippen molar-refractivity contribution in [3.8, 4) is 0 Å². The Morgan fingerprint density at radius 2 is 2.10 bits per heavy atom. The average Bonchev–Trinajstić information content (AvgIpc) is 2.81. The normalized spacial score (nSPS) is 21.8. The first kappa shape index (κ1) is 16.5. The Balaban J connectivity index is 2.20. The molecule has 21 heavy (non-hydrogen) atoms. The fourth-order valence-electron chi connectivity index (χ4n) is 2.87. The van der Waals surface area contributed by atoms with Crippen LogP contribution in [0.5, 0.6) is 0 Å². The second kappa shape index (κ2) is 6.48. The van der Waals surface area contributed by atoms with Crippen molar-refractivity contribution in [3.05, 3.63) is 18.0 Å². The van der Waals surface area contributed by atoms with Crippen molar-refractivity contribution >= 4 is 10.0 Å². The van der Waals surface area contributed by atoms with Gasteiger partial charge < -0.3 is 9.88 Å². The van der Waals surface area contributed by atoms with Crippen LogP contribution in [0.15, 0.2) is 17.2 Å². The smallest absolute Gasteiger partial charge is 0.244 e. The van der Waals surface area contributed by atoms with Crippen molar-refractivity contribution in [1.82, 2.24) is 19.1 Å². The molecule has 1 N–H and O–H groups in total. The highest BCUT2D eigenvalue weighted by atomic mass is 32.2. The summed E-state index contributed by atoms with van der Waals surface area (Å²) in [6.07, 6.45) is 1.71. The van der Waals surface area contributed by atoms with Gasteiger partial charge in [-0.2, -0.15) is 4.31 Å². The monoisotopic (exact) mass is 314 g/mol. The minimum Gasteiger partial charge on any atom is -0.352 e. The summed E-state index contributed by atoms with van der Waals surface area (Å²) < 4.78 is 29.0. The molecule has 120 valence electrons. The van der Waals surface area contributed by atoms with Crippen LogP contribution in [0.3, 0.4) is 0 Å². The van der Waals surface area contributed by atoms with Crippen LogP contribution in [0.1, 0.15) is 19.5 Å². The topological polar surface area (TPSA) is 57.6 Å². The Kier molecular flexibility index (Phi) is 5.08. The summed E-state index contributed by atoms with van der Waals surface area (Å²) in [5.41, 5.74) is 0.969. The maximum Gasteiger partial charge on any atom is 0.244 e. The summed E-state index contributed by atoms with van der Waals surface area (Å²) >= 11 is 0. The number of sulfonamides is 1. The molecule has 1 saturated heterocycles. The van der Waals surface area contributed by atoms with Crippen molar-refractivity contribution in [3.63, 3.8) is 0 Å². The summed E-state index contributed by atoms with van der Waals surface area (Å²) in [4.78, 5) is 2.70. The Morgan fingerprint density at radius 3 is 2.67 bits per heavy atom. The number of aryl methyl sites for hydroxylation is 1. The van der Waals surface area contributed by atoms with Crippen LogP contribution in [0.25, 0.3) is 0 Å². The molecule has 0 saturated carbocycles. The molecule has 0 aliphatic carbocycles. The van der Waals surface area contributed by atoms with Gasteiger partial charge in [0.05, 0.1) is 0 Å². The van der Waals surface area contributed by atoms with Gasteiger partial charge in [0.2, 0.25) is 10.0 Å². The molecule has 0 amide bonds. The lowest BCUT2D eigenvalue weighted by molar-refractivity contribution is 0.135. The molecule has 1 aliphatic rings. The summed E-state index contributed by atoms with van der Waals surface area (Å²) in [5, 5.41) is 3.05. The third-order valence-electron chi connectivity index (χ3n) is 4.21. The Morgan fingerprint density at radius 1 is 1.38 bits per heavy atom. The fraction of sp³-hybridized carbons (Fsp3) is 0.714. The fourth-order valence-corrected chi connectivity index (χ4v) is 4.48. The molecule has 7 heteroatoms. The number of hydrogen-bond donors (Lipinski definition) is 1. The van der Waals surface area contributed by atoms with Crippen LogP contribution in [0, 0.1) is 0 Å². The van der Waals surface area contributed by atoms with Gasteiger partial charge in [-0.1, -0.05) is 6.92 Å². The second-order valence-electron chi connectivity index (χ2n) is 5.65. The van der Waals surface area contributed by atoms with E-state index < -0.39 is 10.0 Å². The molecular weight excluding hydrogens is 288 g/mol. The van der Waals surface area contributed by atoms with Gasteiger partial charge in [0.15, 0.2) is 0 Å². The average molecular weight is 314 g/mol. The lowest BCUT2D eigenvalue weighted by Crippen LogP contribution is -2.53. The maximum absolute atomic E-state index is 12.8. The van der Waals surface area contributed by atoms with Crippen LogP contribution in [0.4, 0.5) is 0 Å². The van der Waals surface area contributed by atoms with Gasteiger partial charge in [-0.15, -0.1) is 0 Å². The predicted molar refractivity (Wildman–Crippen MR) is 83.6 cm³/mol. The van der Waals surface area contributed by atoms with Gasteiger partial charge in [0.25, 0.3) is 0 Å². The zero-order chi connectivity index (χ0) is 15.6. The van der Waals surface area contributed by atoms with Crippen molar-refractivity contribution in [2.45, 2.75) is 31.3 Å². The number of nitrogens with one attached hydrogen (secondary N) is 1. The summed E-state index contributed by atoms with van der Waals surface area (Å²) in [7, 11) is 0.344. The summed E-state index contributed by atoms with van der Waals surface area (Å²) in [5.74, 6) is 0. The van der Waals surface area contributed by atoms with E-state index in [2.05, 4.69) is 24.1 Å². The molecule has 1 aromatic heterocycles. The Hall–Kier alpha value is -0.890. The van der Waals surface area contributed by atoms with Crippen molar-refractivity contribution in [2.24, 2.45) is 7.05 Å². The highest BCUT2D eigenvalue weighted by Crippen LogP contribution is 2.21. The van der Waals surface area contributed by atoms with Crippen LogP contribution >= 0.6 is 0 Å². The number of nitrogens with zero attached hydrogens (tertiary/aromatic N) is 3. The molecule has 6 nitrogen and oxygen atoms in total. The van der Waals surface area contributed by atoms with E-state index in [1.807, 2.05) is 18.7 Å². The second-order valence-corrected chi connectivity index (χ2v) is 7.59. The molecule has 1 aliphatic heterocycles. The zero-order valence-corrected chi connectivity index (χ0v) is 14.2. The van der Waals surface area contributed by atoms with E-state index >= 15 is 0 Å². The van der Waals surface area contributed by atoms with Crippen LogP contribution in [-0.4, -0.2) is 61.5 Å². The van der Waals surface area contributed by atoms with E-state index in [1.54, 1.807) is 16.6 Å². The number of piperazine rings is 1. The van der Waals surface area contributed by atoms with E-state index in [4.69, 9.17) is 0 Å². The summed E-state index contributed by atoms with van der Waals surface area (Å²) in [6.45, 7) is 7.75. The molecule has 1 unspecified atom stereocenters. The predicted octanol–water partition coefficient (Wildman–Crippen LogP) is 0.459. The molecule has 1 aromatic rings. The molecule has 0 aromatic carbocycles. The minimum atomic E-state index is -3.39. The SMILES string of the molecule is CCN1CCN(S(=O)(=O)c2cc(CNC)n(C)c2)CC1C. The molecule has 2 heterocycles. The molecular formula is C14H26N4O2S. The first-order valence-corrected chi connectivity index (χ1v) is 8.88. The first-order valence-electron chi connectivity index (χ1n) is 7.44. The zero-order valence-electron chi connectivity index (χ0n) is 13.3. The highest BCUT2D eigenvalue weighted by molar-refractivity contribution is 7.89. The van der Waals surface area contributed by atoms with E-state index in [1.165, 1.54) is 0 Å². The Labute approximate surface area is 127 Å². The lowest BCUT2D eigenvalue weighted by Gasteiger charge is -2.38. The van der Waals surface area contributed by atoms with Crippen LogP contribution < -0.4 is 5.32 Å². The number of aromatic nitrogens is 1. The Bertz CT molecular complexity index is 582. The molecule has 0 radical (unpaired) electrons. The summed E-state index contributed by atoms with van der Waals surface area (Å²) in [6, 6.07) is 2.03. The van der Waals surface area contributed by atoms with Gasteiger partial charge in [0.1, 0.15) is 4.90 Å². The van der Waals surface area contributed by atoms with Gasteiger partial charge >= 0.3 is 0 Å². The quantitative estimate of drug-likeness (QED) is 0.858. The van der Waals surface area contributed by atoms with Gasteiger partial charge in [-0.25, -0.2) is 8.42 Å². The van der Waals surface area contributed by atoms with Crippen LogP contribution in [-0.2, 0) is 23.6 Å². The molecule has 1 fully saturated rings. The molecule has 1 atom stereocenters. The lowest BCUT2D eigenvalue weighted by atomic mass is 10.2. The molecule has 0 spiro atoms. The molecule has 0 bridgehead atoms. The standard InChI is InChI=1S/C14H26N4O2S/c1-5-17-6-7-18(10-12(17)2)21(19,20)14-8-13(9-15-3)16(4)11-14/h8,11-12,15H,5-7,9-10H2,1-4H3. The van der Waals surface area contributed by atoms with Gasteiger partial charge in [0, 0.05) is 51.2 Å². The van der Waals surface area contributed by atoms with Crippen LogP contribution in [0.2, 0.25) is 0 Å². The van der Waals surface area contributed by atoms with Crippen molar-refractivity contribution < 1.29 is 8.42 Å². The number of hydrogen-bond acceptors (Lipinski definition) is 4.